The van der Waals surface area contributed by atoms with E-state index in [1.54, 1.807) is 0 Å². The maximum absolute atomic E-state index is 13.9. The molecule has 3 rings (SSSR count). The van der Waals surface area contributed by atoms with Crippen molar-refractivity contribution in [1.29, 1.82) is 0 Å². The van der Waals surface area contributed by atoms with E-state index in [0.29, 0.717) is 18.2 Å². The van der Waals surface area contributed by atoms with Crippen molar-refractivity contribution in [2.45, 2.75) is 18.6 Å². The van der Waals surface area contributed by atoms with Crippen LogP contribution in [0, 0.1) is 11.7 Å². The van der Waals surface area contributed by atoms with E-state index in [1.807, 2.05) is 0 Å². The van der Waals surface area contributed by atoms with Crippen LogP contribution in [0.2, 0.25) is 0 Å². The summed E-state index contributed by atoms with van der Waals surface area (Å²) in [6, 6.07) is 0.987. The molecule has 0 N–H and O–H groups in total. The Kier molecular flexibility index (Phi) is 3.24. The third kappa shape index (κ3) is 2.47. The van der Waals surface area contributed by atoms with Crippen LogP contribution < -0.4 is 4.90 Å². The van der Waals surface area contributed by atoms with E-state index in [0.717, 1.165) is 4.90 Å². The van der Waals surface area contributed by atoms with Crippen LogP contribution in [-0.4, -0.2) is 31.9 Å². The summed E-state index contributed by atoms with van der Waals surface area (Å²) >= 11 is 0. The number of carbonyl (C=O) groups is 1. The molecule has 1 aromatic carbocycles. The van der Waals surface area contributed by atoms with Crippen LogP contribution >= 0.6 is 0 Å². The van der Waals surface area contributed by atoms with Crippen molar-refractivity contribution in [1.82, 2.24) is 0 Å². The standard InChI is InChI=1S/C13H11F4NO3S/c14-9-2-1-8(13(15,16)17)4-10(9)18-11-6-22(20,21)5-7(11)3-12(18)19/h1-2,4,7,11H,3,5-6H2. The van der Waals surface area contributed by atoms with Gasteiger partial charge in [0.2, 0.25) is 5.91 Å². The molecule has 2 unspecified atom stereocenters. The van der Waals surface area contributed by atoms with Crippen LogP contribution in [0.15, 0.2) is 18.2 Å². The summed E-state index contributed by atoms with van der Waals surface area (Å²) in [6.45, 7) is 0. The molecule has 0 bridgehead atoms. The third-order valence-corrected chi connectivity index (χ3v) is 5.79. The molecule has 2 aliphatic heterocycles. The SMILES string of the molecule is O=C1CC2CS(=O)(=O)CC2N1c1cc(C(F)(F)F)ccc1F. The van der Waals surface area contributed by atoms with Crippen LogP contribution in [0.4, 0.5) is 23.2 Å². The Balaban J connectivity index is 2.05. The fourth-order valence-corrected chi connectivity index (χ4v) is 5.15. The Morgan fingerprint density at radius 1 is 1.18 bits per heavy atom. The molecule has 120 valence electrons. The topological polar surface area (TPSA) is 54.5 Å². The first-order valence-corrected chi connectivity index (χ1v) is 8.30. The molecule has 0 radical (unpaired) electrons. The van der Waals surface area contributed by atoms with E-state index in [4.69, 9.17) is 0 Å². The number of hydrogen-bond acceptors (Lipinski definition) is 3. The van der Waals surface area contributed by atoms with E-state index in [9.17, 15) is 30.8 Å². The van der Waals surface area contributed by atoms with E-state index in [1.165, 1.54) is 0 Å². The molecule has 2 atom stereocenters. The second kappa shape index (κ2) is 4.68. The second-order valence-corrected chi connectivity index (χ2v) is 7.69. The summed E-state index contributed by atoms with van der Waals surface area (Å²) in [6.07, 6.45) is -4.77. The quantitative estimate of drug-likeness (QED) is 0.737. The largest absolute Gasteiger partial charge is 0.416 e. The highest BCUT2D eigenvalue weighted by Crippen LogP contribution is 2.40. The van der Waals surface area contributed by atoms with Gasteiger partial charge in [0.15, 0.2) is 9.84 Å². The number of amides is 1. The average Bonchev–Trinajstić information content (AvgIpc) is 2.79. The van der Waals surface area contributed by atoms with E-state index in [2.05, 4.69) is 0 Å². The van der Waals surface area contributed by atoms with Gasteiger partial charge in [-0.25, -0.2) is 12.8 Å². The molecule has 0 aromatic heterocycles. The first kappa shape index (κ1) is 15.3. The zero-order valence-corrected chi connectivity index (χ0v) is 11.9. The molecule has 2 aliphatic rings. The number of rotatable bonds is 1. The number of benzene rings is 1. The molecule has 22 heavy (non-hydrogen) atoms. The lowest BCUT2D eigenvalue weighted by Crippen LogP contribution is -2.37. The van der Waals surface area contributed by atoms with Gasteiger partial charge in [0.1, 0.15) is 5.82 Å². The molecule has 0 spiro atoms. The zero-order chi connectivity index (χ0) is 16.3. The highest BCUT2D eigenvalue weighted by Gasteiger charge is 2.50. The monoisotopic (exact) mass is 337 g/mol. The van der Waals surface area contributed by atoms with Gasteiger partial charge >= 0.3 is 6.18 Å². The molecule has 2 heterocycles. The number of fused-ring (bicyclic) bond motifs is 1. The summed E-state index contributed by atoms with van der Waals surface area (Å²) in [5, 5.41) is 0. The molecule has 1 amide bonds. The van der Waals surface area contributed by atoms with Crippen molar-refractivity contribution in [3.63, 3.8) is 0 Å². The van der Waals surface area contributed by atoms with Gasteiger partial charge in [0.05, 0.1) is 28.8 Å². The molecule has 1 aromatic rings. The van der Waals surface area contributed by atoms with Crippen molar-refractivity contribution in [3.8, 4) is 0 Å². The molecular weight excluding hydrogens is 326 g/mol. The molecule has 0 saturated carbocycles. The molecule has 9 heteroatoms. The predicted octanol–water partition coefficient (Wildman–Crippen LogP) is 1.99. The fourth-order valence-electron chi connectivity index (χ4n) is 3.08. The number of hydrogen-bond donors (Lipinski definition) is 0. The van der Waals surface area contributed by atoms with Crippen molar-refractivity contribution in [3.05, 3.63) is 29.6 Å². The van der Waals surface area contributed by atoms with Gasteiger partial charge in [0.25, 0.3) is 0 Å². The minimum absolute atomic E-state index is 0.0976. The number of alkyl halides is 3. The molecule has 2 saturated heterocycles. The highest BCUT2D eigenvalue weighted by molar-refractivity contribution is 7.91. The van der Waals surface area contributed by atoms with Crippen LogP contribution in [0.5, 0.6) is 0 Å². The lowest BCUT2D eigenvalue weighted by atomic mass is 10.0. The summed E-state index contributed by atoms with van der Waals surface area (Å²) < 4.78 is 75.4. The Hall–Kier alpha value is -1.64. The molecule has 4 nitrogen and oxygen atoms in total. The van der Waals surface area contributed by atoms with Crippen molar-refractivity contribution in [2.75, 3.05) is 16.4 Å². The van der Waals surface area contributed by atoms with Crippen LogP contribution in [0.25, 0.3) is 0 Å². The van der Waals surface area contributed by atoms with Gasteiger partial charge in [-0.05, 0) is 18.2 Å². The maximum atomic E-state index is 13.9. The van der Waals surface area contributed by atoms with Gasteiger partial charge in [0, 0.05) is 12.3 Å². The number of carbonyl (C=O) groups excluding carboxylic acids is 1. The number of nitrogens with zero attached hydrogens (tertiary/aromatic N) is 1. The minimum Gasteiger partial charge on any atom is -0.305 e. The van der Waals surface area contributed by atoms with Gasteiger partial charge < -0.3 is 4.90 Å². The first-order chi connectivity index (χ1) is 10.1. The van der Waals surface area contributed by atoms with Gasteiger partial charge in [-0.2, -0.15) is 13.2 Å². The molecule has 0 aliphatic carbocycles. The summed E-state index contributed by atoms with van der Waals surface area (Å²) in [4.78, 5) is 12.9. The van der Waals surface area contributed by atoms with Gasteiger partial charge in [-0.1, -0.05) is 0 Å². The van der Waals surface area contributed by atoms with Crippen LogP contribution in [-0.2, 0) is 20.8 Å². The Morgan fingerprint density at radius 2 is 1.86 bits per heavy atom. The maximum Gasteiger partial charge on any atom is 0.416 e. The lowest BCUT2D eigenvalue weighted by molar-refractivity contribution is -0.137. The molecule has 2 fully saturated rings. The number of sulfone groups is 1. The van der Waals surface area contributed by atoms with E-state index >= 15 is 0 Å². The van der Waals surface area contributed by atoms with Crippen molar-refractivity contribution >= 4 is 21.4 Å². The van der Waals surface area contributed by atoms with Gasteiger partial charge in [-0.15, -0.1) is 0 Å². The van der Waals surface area contributed by atoms with E-state index in [-0.39, 0.29) is 17.9 Å². The first-order valence-electron chi connectivity index (χ1n) is 6.48. The average molecular weight is 337 g/mol. The third-order valence-electron chi connectivity index (χ3n) is 4.01. The van der Waals surface area contributed by atoms with Gasteiger partial charge in [-0.3, -0.25) is 4.79 Å². The minimum atomic E-state index is -4.67. The Morgan fingerprint density at radius 3 is 2.50 bits per heavy atom. The van der Waals surface area contributed by atoms with Crippen LogP contribution in [0.3, 0.4) is 0 Å². The summed E-state index contributed by atoms with van der Waals surface area (Å²) in [5.74, 6) is -2.57. The lowest BCUT2D eigenvalue weighted by Gasteiger charge is -2.24. The normalized spacial score (nSPS) is 27.3. The second-order valence-electron chi connectivity index (χ2n) is 5.54. The predicted molar refractivity (Wildman–Crippen MR) is 69.4 cm³/mol. The number of anilines is 1. The van der Waals surface area contributed by atoms with E-state index < -0.39 is 50.9 Å². The Labute approximate surface area is 123 Å². The smallest absolute Gasteiger partial charge is 0.305 e. The van der Waals surface area contributed by atoms with Crippen molar-refractivity contribution < 1.29 is 30.8 Å². The summed E-state index contributed by atoms with van der Waals surface area (Å²) in [7, 11) is -3.36. The summed E-state index contributed by atoms with van der Waals surface area (Å²) in [5.41, 5.74) is -1.59. The Bertz CT molecular complexity index is 744. The van der Waals surface area contributed by atoms with Crippen LogP contribution in [0.1, 0.15) is 12.0 Å². The number of halogens is 4. The fraction of sp³-hybridized carbons (Fsp3) is 0.462. The highest BCUT2D eigenvalue weighted by atomic mass is 32.2. The zero-order valence-electron chi connectivity index (χ0n) is 11.1. The molecular formula is C13H11F4NO3S. The van der Waals surface area contributed by atoms with Crippen molar-refractivity contribution in [2.24, 2.45) is 5.92 Å².